The van der Waals surface area contributed by atoms with Crippen molar-refractivity contribution in [1.29, 1.82) is 0 Å². The molecule has 0 amide bonds. The highest BCUT2D eigenvalue weighted by Crippen LogP contribution is 2.23. The van der Waals surface area contributed by atoms with E-state index < -0.39 is 0 Å². The molecule has 1 rings (SSSR count). The fourth-order valence-electron chi connectivity index (χ4n) is 2.26. The molecule has 0 saturated carbocycles. The predicted molar refractivity (Wildman–Crippen MR) is 85.5 cm³/mol. The van der Waals surface area contributed by atoms with Gasteiger partial charge in [0.1, 0.15) is 0 Å². The maximum atomic E-state index is 6.00. The first-order valence-electron chi connectivity index (χ1n) is 7.18. The van der Waals surface area contributed by atoms with E-state index in [9.17, 15) is 0 Å². The monoisotopic (exact) mass is 282 g/mol. The SMILES string of the molecule is CCCCCC(C)(C)CNCc1cc(N)cc(Cl)c1. The Balaban J connectivity index is 2.36. The van der Waals surface area contributed by atoms with E-state index in [0.717, 1.165) is 24.3 Å². The molecule has 0 aromatic heterocycles. The molecule has 3 N–H and O–H groups in total. The third-order valence-corrected chi connectivity index (χ3v) is 3.59. The molecule has 0 bridgehead atoms. The molecular formula is C16H27ClN2. The van der Waals surface area contributed by atoms with Gasteiger partial charge in [0.05, 0.1) is 0 Å². The van der Waals surface area contributed by atoms with E-state index >= 15 is 0 Å². The Bertz CT molecular complexity index is 368. The van der Waals surface area contributed by atoms with Crippen LogP contribution in [0.1, 0.15) is 52.0 Å². The van der Waals surface area contributed by atoms with Gasteiger partial charge in [-0.15, -0.1) is 0 Å². The third kappa shape index (κ3) is 6.84. The molecule has 0 fully saturated rings. The van der Waals surface area contributed by atoms with Crippen LogP contribution >= 0.6 is 11.6 Å². The number of nitrogens with one attached hydrogen (secondary N) is 1. The number of benzene rings is 1. The van der Waals surface area contributed by atoms with Crippen LogP contribution in [-0.2, 0) is 6.54 Å². The van der Waals surface area contributed by atoms with E-state index in [1.807, 2.05) is 12.1 Å². The Morgan fingerprint density at radius 3 is 2.58 bits per heavy atom. The van der Waals surface area contributed by atoms with Gasteiger partial charge in [-0.2, -0.15) is 0 Å². The minimum Gasteiger partial charge on any atom is -0.399 e. The van der Waals surface area contributed by atoms with Gasteiger partial charge >= 0.3 is 0 Å². The Morgan fingerprint density at radius 1 is 1.21 bits per heavy atom. The second-order valence-corrected chi connectivity index (χ2v) is 6.55. The fraction of sp³-hybridized carbons (Fsp3) is 0.625. The van der Waals surface area contributed by atoms with Gasteiger partial charge in [-0.1, -0.05) is 51.6 Å². The second-order valence-electron chi connectivity index (χ2n) is 6.12. The predicted octanol–water partition coefficient (Wildman–Crippen LogP) is 4.62. The molecule has 1 aromatic carbocycles. The van der Waals surface area contributed by atoms with Gasteiger partial charge in [0.25, 0.3) is 0 Å². The smallest absolute Gasteiger partial charge is 0.0429 e. The first kappa shape index (κ1) is 16.3. The van der Waals surface area contributed by atoms with Crippen molar-refractivity contribution >= 4 is 17.3 Å². The van der Waals surface area contributed by atoms with Crippen LogP contribution in [0.5, 0.6) is 0 Å². The van der Waals surface area contributed by atoms with E-state index in [-0.39, 0.29) is 0 Å². The van der Waals surface area contributed by atoms with Crippen molar-refractivity contribution in [2.45, 2.75) is 53.0 Å². The number of anilines is 1. The van der Waals surface area contributed by atoms with Crippen LogP contribution in [0.3, 0.4) is 0 Å². The lowest BCUT2D eigenvalue weighted by Crippen LogP contribution is -2.29. The van der Waals surface area contributed by atoms with Crippen molar-refractivity contribution in [3.05, 3.63) is 28.8 Å². The number of hydrogen-bond donors (Lipinski definition) is 2. The molecule has 19 heavy (non-hydrogen) atoms. The second kappa shape index (κ2) is 7.76. The summed E-state index contributed by atoms with van der Waals surface area (Å²) in [4.78, 5) is 0. The van der Waals surface area contributed by atoms with Gasteiger partial charge < -0.3 is 11.1 Å². The van der Waals surface area contributed by atoms with Gasteiger partial charge in [0, 0.05) is 23.8 Å². The van der Waals surface area contributed by atoms with Crippen molar-refractivity contribution < 1.29 is 0 Å². The van der Waals surface area contributed by atoms with Crippen LogP contribution in [0.2, 0.25) is 5.02 Å². The summed E-state index contributed by atoms with van der Waals surface area (Å²) >= 11 is 6.00. The molecule has 2 nitrogen and oxygen atoms in total. The third-order valence-electron chi connectivity index (χ3n) is 3.37. The molecular weight excluding hydrogens is 256 g/mol. The van der Waals surface area contributed by atoms with E-state index in [0.29, 0.717) is 10.4 Å². The van der Waals surface area contributed by atoms with Crippen molar-refractivity contribution in [3.8, 4) is 0 Å². The summed E-state index contributed by atoms with van der Waals surface area (Å²) in [5.74, 6) is 0. The highest BCUT2D eigenvalue weighted by atomic mass is 35.5. The van der Waals surface area contributed by atoms with Gasteiger partial charge in [0.2, 0.25) is 0 Å². The summed E-state index contributed by atoms with van der Waals surface area (Å²) in [6, 6.07) is 5.72. The highest BCUT2D eigenvalue weighted by Gasteiger charge is 2.16. The standard InChI is InChI=1S/C16H27ClN2/c1-4-5-6-7-16(2,3)12-19-11-13-8-14(17)10-15(18)9-13/h8-10,19H,4-7,11-12,18H2,1-3H3. The Kier molecular flexibility index (Phi) is 6.67. The number of nitrogen functional groups attached to an aromatic ring is 1. The maximum Gasteiger partial charge on any atom is 0.0429 e. The zero-order chi connectivity index (χ0) is 14.3. The summed E-state index contributed by atoms with van der Waals surface area (Å²) in [7, 11) is 0. The van der Waals surface area contributed by atoms with Crippen molar-refractivity contribution in [3.63, 3.8) is 0 Å². The van der Waals surface area contributed by atoms with Crippen LogP contribution in [0.15, 0.2) is 18.2 Å². The van der Waals surface area contributed by atoms with Crippen LogP contribution in [0, 0.1) is 5.41 Å². The van der Waals surface area contributed by atoms with Crippen LogP contribution < -0.4 is 11.1 Å². The number of halogens is 1. The minimum atomic E-state index is 0.347. The normalized spacial score (nSPS) is 11.8. The summed E-state index contributed by atoms with van der Waals surface area (Å²) < 4.78 is 0. The lowest BCUT2D eigenvalue weighted by Gasteiger charge is -2.25. The van der Waals surface area contributed by atoms with Crippen molar-refractivity contribution in [2.24, 2.45) is 5.41 Å². The van der Waals surface area contributed by atoms with Gasteiger partial charge in [0.15, 0.2) is 0 Å². The van der Waals surface area contributed by atoms with Crippen molar-refractivity contribution in [2.75, 3.05) is 12.3 Å². The fourth-order valence-corrected chi connectivity index (χ4v) is 2.53. The molecule has 1 aromatic rings. The van der Waals surface area contributed by atoms with Crippen molar-refractivity contribution in [1.82, 2.24) is 5.32 Å². The van der Waals surface area contributed by atoms with Crippen LogP contribution in [0.4, 0.5) is 5.69 Å². The van der Waals surface area contributed by atoms with Crippen LogP contribution in [0.25, 0.3) is 0 Å². The minimum absolute atomic E-state index is 0.347. The molecule has 0 unspecified atom stereocenters. The molecule has 0 aliphatic rings. The topological polar surface area (TPSA) is 38.0 Å². The summed E-state index contributed by atoms with van der Waals surface area (Å²) in [6.07, 6.45) is 5.19. The maximum absolute atomic E-state index is 6.00. The van der Waals surface area contributed by atoms with Gasteiger partial charge in [-0.25, -0.2) is 0 Å². The Labute approximate surface area is 122 Å². The lowest BCUT2D eigenvalue weighted by molar-refractivity contribution is 0.302. The van der Waals surface area contributed by atoms with Gasteiger partial charge in [-0.05, 0) is 35.6 Å². The zero-order valence-electron chi connectivity index (χ0n) is 12.4. The summed E-state index contributed by atoms with van der Waals surface area (Å²) in [5, 5.41) is 4.22. The molecule has 0 aliphatic heterocycles. The molecule has 0 heterocycles. The number of unbranched alkanes of at least 4 members (excludes halogenated alkanes) is 2. The van der Waals surface area contributed by atoms with E-state index in [4.69, 9.17) is 17.3 Å². The molecule has 3 heteroatoms. The Morgan fingerprint density at radius 2 is 1.95 bits per heavy atom. The first-order chi connectivity index (χ1) is 8.93. The van der Waals surface area contributed by atoms with Crippen LogP contribution in [-0.4, -0.2) is 6.54 Å². The zero-order valence-corrected chi connectivity index (χ0v) is 13.2. The molecule has 0 atom stereocenters. The van der Waals surface area contributed by atoms with E-state index in [1.165, 1.54) is 25.7 Å². The lowest BCUT2D eigenvalue weighted by atomic mass is 9.87. The summed E-state index contributed by atoms with van der Waals surface area (Å²) in [5.41, 5.74) is 8.01. The molecule has 108 valence electrons. The van der Waals surface area contributed by atoms with E-state index in [2.05, 4.69) is 26.1 Å². The molecule has 0 aliphatic carbocycles. The highest BCUT2D eigenvalue weighted by molar-refractivity contribution is 6.30. The average molecular weight is 283 g/mol. The largest absolute Gasteiger partial charge is 0.399 e. The first-order valence-corrected chi connectivity index (χ1v) is 7.56. The number of rotatable bonds is 8. The van der Waals surface area contributed by atoms with Gasteiger partial charge in [-0.3, -0.25) is 0 Å². The number of hydrogen-bond acceptors (Lipinski definition) is 2. The average Bonchev–Trinajstić information content (AvgIpc) is 2.27. The molecule has 0 radical (unpaired) electrons. The quantitative estimate of drug-likeness (QED) is 0.539. The number of nitrogens with two attached hydrogens (primary N) is 1. The molecule has 0 spiro atoms. The van der Waals surface area contributed by atoms with E-state index in [1.54, 1.807) is 6.07 Å². The Hall–Kier alpha value is -0.730. The summed E-state index contributed by atoms with van der Waals surface area (Å²) in [6.45, 7) is 8.73. The molecule has 0 saturated heterocycles.